The number of hydrogen-bond acceptors (Lipinski definition) is 4. The normalized spacial score (nSPS) is 18.8. The van der Waals surface area contributed by atoms with Gasteiger partial charge in [0, 0.05) is 11.6 Å². The smallest absolute Gasteiger partial charge is 0.251 e. The van der Waals surface area contributed by atoms with Crippen molar-refractivity contribution in [2.75, 3.05) is 7.11 Å². The largest absolute Gasteiger partial charge is 0.495 e. The zero-order valence-corrected chi connectivity index (χ0v) is 15.9. The van der Waals surface area contributed by atoms with E-state index in [0.717, 1.165) is 31.2 Å². The lowest BCUT2D eigenvalue weighted by atomic mass is 10.1. The van der Waals surface area contributed by atoms with Gasteiger partial charge in [0.1, 0.15) is 10.6 Å². The Balaban J connectivity index is 1.58. The minimum absolute atomic E-state index is 0.00336. The highest BCUT2D eigenvalue weighted by atomic mass is 32.2. The van der Waals surface area contributed by atoms with Gasteiger partial charge in [0.15, 0.2) is 0 Å². The van der Waals surface area contributed by atoms with Crippen LogP contribution in [0.5, 0.6) is 5.75 Å². The SMILES string of the molecule is COc1ccc(C(=O)NC2CCc3ccccc32)cc1S(=O)(=O)NC1CC1. The van der Waals surface area contributed by atoms with Gasteiger partial charge in [0.25, 0.3) is 5.91 Å². The van der Waals surface area contributed by atoms with E-state index in [4.69, 9.17) is 4.74 Å². The molecule has 1 atom stereocenters. The fraction of sp³-hybridized carbons (Fsp3) is 0.350. The predicted octanol–water partition coefficient (Wildman–Crippen LogP) is 2.55. The van der Waals surface area contributed by atoms with Crippen LogP contribution in [0.15, 0.2) is 47.4 Å². The number of amides is 1. The number of nitrogens with one attached hydrogen (secondary N) is 2. The molecule has 6 nitrogen and oxygen atoms in total. The number of hydrogen-bond donors (Lipinski definition) is 2. The molecule has 0 bridgehead atoms. The van der Waals surface area contributed by atoms with E-state index in [1.807, 2.05) is 18.2 Å². The van der Waals surface area contributed by atoms with E-state index in [0.29, 0.717) is 5.56 Å². The zero-order valence-electron chi connectivity index (χ0n) is 15.1. The van der Waals surface area contributed by atoms with Crippen molar-refractivity contribution in [1.29, 1.82) is 0 Å². The number of carbonyl (C=O) groups is 1. The van der Waals surface area contributed by atoms with E-state index in [1.165, 1.54) is 24.8 Å². The summed E-state index contributed by atoms with van der Waals surface area (Å²) < 4.78 is 33.1. The number of aryl methyl sites for hydroxylation is 1. The Morgan fingerprint density at radius 3 is 2.63 bits per heavy atom. The van der Waals surface area contributed by atoms with E-state index in [9.17, 15) is 13.2 Å². The summed E-state index contributed by atoms with van der Waals surface area (Å²) >= 11 is 0. The van der Waals surface area contributed by atoms with E-state index in [1.54, 1.807) is 6.07 Å². The summed E-state index contributed by atoms with van der Waals surface area (Å²) in [7, 11) is -2.31. The first kappa shape index (κ1) is 18.0. The summed E-state index contributed by atoms with van der Waals surface area (Å²) in [4.78, 5) is 12.8. The second kappa shape index (κ2) is 6.98. The number of fused-ring (bicyclic) bond motifs is 1. The molecule has 7 heteroatoms. The Kier molecular flexibility index (Phi) is 4.65. The van der Waals surface area contributed by atoms with Gasteiger partial charge in [-0.15, -0.1) is 0 Å². The van der Waals surface area contributed by atoms with Crippen molar-refractivity contribution in [3.05, 3.63) is 59.2 Å². The summed E-state index contributed by atoms with van der Waals surface area (Å²) in [5.41, 5.74) is 2.67. The van der Waals surface area contributed by atoms with Crippen molar-refractivity contribution in [2.45, 2.75) is 42.7 Å². The number of sulfonamides is 1. The molecule has 0 aromatic heterocycles. The lowest BCUT2D eigenvalue weighted by Gasteiger charge is -2.16. The maximum atomic E-state index is 12.8. The van der Waals surface area contributed by atoms with Crippen LogP contribution in [0.4, 0.5) is 0 Å². The molecule has 0 heterocycles. The Labute approximate surface area is 159 Å². The molecule has 4 rings (SSSR count). The Hall–Kier alpha value is -2.38. The summed E-state index contributed by atoms with van der Waals surface area (Å²) in [6, 6.07) is 12.5. The van der Waals surface area contributed by atoms with Gasteiger partial charge >= 0.3 is 0 Å². The van der Waals surface area contributed by atoms with Crippen LogP contribution < -0.4 is 14.8 Å². The quantitative estimate of drug-likeness (QED) is 0.799. The minimum Gasteiger partial charge on any atom is -0.495 e. The lowest BCUT2D eigenvalue weighted by Crippen LogP contribution is -2.29. The molecular weight excluding hydrogens is 364 g/mol. The molecule has 0 saturated heterocycles. The van der Waals surface area contributed by atoms with Crippen molar-refractivity contribution in [3.63, 3.8) is 0 Å². The molecular formula is C20H22N2O4S. The molecule has 0 spiro atoms. The highest BCUT2D eigenvalue weighted by Crippen LogP contribution is 2.32. The molecule has 27 heavy (non-hydrogen) atoms. The van der Waals surface area contributed by atoms with Crippen molar-refractivity contribution < 1.29 is 17.9 Å². The fourth-order valence-electron chi connectivity index (χ4n) is 3.46. The molecule has 0 aliphatic heterocycles. The summed E-state index contributed by atoms with van der Waals surface area (Å²) in [5, 5.41) is 3.03. The molecule has 1 amide bonds. The Morgan fingerprint density at radius 2 is 1.89 bits per heavy atom. The van der Waals surface area contributed by atoms with Crippen molar-refractivity contribution in [3.8, 4) is 5.75 Å². The van der Waals surface area contributed by atoms with Crippen LogP contribution in [0.3, 0.4) is 0 Å². The molecule has 0 radical (unpaired) electrons. The van der Waals surface area contributed by atoms with Crippen molar-refractivity contribution in [2.24, 2.45) is 0 Å². The summed E-state index contributed by atoms with van der Waals surface area (Å²) in [6.45, 7) is 0. The van der Waals surface area contributed by atoms with Gasteiger partial charge in [-0.3, -0.25) is 4.79 Å². The van der Waals surface area contributed by atoms with Gasteiger partial charge in [-0.1, -0.05) is 24.3 Å². The average molecular weight is 386 g/mol. The van der Waals surface area contributed by atoms with Crippen LogP contribution in [0, 0.1) is 0 Å². The molecule has 142 valence electrons. The molecule has 2 aliphatic carbocycles. The molecule has 1 unspecified atom stereocenters. The third kappa shape index (κ3) is 3.70. The van der Waals surface area contributed by atoms with E-state index in [2.05, 4.69) is 16.1 Å². The number of benzene rings is 2. The molecule has 1 saturated carbocycles. The molecule has 1 fully saturated rings. The van der Waals surface area contributed by atoms with Gasteiger partial charge in [-0.2, -0.15) is 0 Å². The Bertz CT molecular complexity index is 983. The monoisotopic (exact) mass is 386 g/mol. The summed E-state index contributed by atoms with van der Waals surface area (Å²) in [5.74, 6) is -0.0619. The highest BCUT2D eigenvalue weighted by Gasteiger charge is 2.31. The van der Waals surface area contributed by atoms with Crippen molar-refractivity contribution >= 4 is 15.9 Å². The highest BCUT2D eigenvalue weighted by molar-refractivity contribution is 7.89. The fourth-order valence-corrected chi connectivity index (χ4v) is 4.96. The molecule has 2 aromatic carbocycles. The van der Waals surface area contributed by atoms with Crippen LogP contribution in [0.1, 0.15) is 46.8 Å². The first-order valence-corrected chi connectivity index (χ1v) is 10.6. The number of ether oxygens (including phenoxy) is 1. The van der Waals surface area contributed by atoms with Crippen LogP contribution in [0.25, 0.3) is 0 Å². The zero-order chi connectivity index (χ0) is 19.0. The maximum absolute atomic E-state index is 12.8. The van der Waals surface area contributed by atoms with Gasteiger partial charge in [-0.25, -0.2) is 13.1 Å². The predicted molar refractivity (Wildman–Crippen MR) is 101 cm³/mol. The van der Waals surface area contributed by atoms with E-state index >= 15 is 0 Å². The van der Waals surface area contributed by atoms with Gasteiger partial charge < -0.3 is 10.1 Å². The molecule has 2 N–H and O–H groups in total. The van der Waals surface area contributed by atoms with Crippen LogP contribution in [-0.2, 0) is 16.4 Å². The van der Waals surface area contributed by atoms with Crippen molar-refractivity contribution in [1.82, 2.24) is 10.0 Å². The van der Waals surface area contributed by atoms with E-state index in [-0.39, 0.29) is 28.6 Å². The average Bonchev–Trinajstić information content (AvgIpc) is 3.38. The second-order valence-electron chi connectivity index (χ2n) is 7.02. The topological polar surface area (TPSA) is 84.5 Å². The third-order valence-electron chi connectivity index (χ3n) is 5.05. The second-order valence-corrected chi connectivity index (χ2v) is 8.71. The van der Waals surface area contributed by atoms with E-state index < -0.39 is 10.0 Å². The third-order valence-corrected chi connectivity index (χ3v) is 6.59. The minimum atomic E-state index is -3.73. The lowest BCUT2D eigenvalue weighted by molar-refractivity contribution is 0.0936. The van der Waals surface area contributed by atoms with Gasteiger partial charge in [0.2, 0.25) is 10.0 Å². The number of rotatable bonds is 6. The molecule has 2 aliphatic rings. The van der Waals surface area contributed by atoms with Gasteiger partial charge in [-0.05, 0) is 55.0 Å². The van der Waals surface area contributed by atoms with Gasteiger partial charge in [0.05, 0.1) is 13.2 Å². The Morgan fingerprint density at radius 1 is 1.11 bits per heavy atom. The van der Waals surface area contributed by atoms with Crippen LogP contribution in [0.2, 0.25) is 0 Å². The standard InChI is InChI=1S/C20H22N2O4S/c1-26-18-11-7-14(12-19(18)27(24,25)22-15-8-9-15)20(23)21-17-10-6-13-4-2-3-5-16(13)17/h2-5,7,11-12,15,17,22H,6,8-10H2,1H3,(H,21,23). The summed E-state index contributed by atoms with van der Waals surface area (Å²) in [6.07, 6.45) is 3.44. The van der Waals surface area contributed by atoms with Crippen LogP contribution >= 0.6 is 0 Å². The number of carbonyl (C=O) groups excluding carboxylic acids is 1. The molecule has 2 aromatic rings. The van der Waals surface area contributed by atoms with Crippen LogP contribution in [-0.4, -0.2) is 27.5 Å². The first-order chi connectivity index (χ1) is 13.0. The maximum Gasteiger partial charge on any atom is 0.251 e. The first-order valence-electron chi connectivity index (χ1n) is 9.07. The number of methoxy groups -OCH3 is 1.